The van der Waals surface area contributed by atoms with Gasteiger partial charge in [-0.1, -0.05) is 20.3 Å². The summed E-state index contributed by atoms with van der Waals surface area (Å²) in [5.74, 6) is 5.96. The number of nitrogens with one attached hydrogen (secondary N) is 1. The third-order valence-corrected chi connectivity index (χ3v) is 2.72. The Labute approximate surface area is 88.6 Å². The molecule has 1 unspecified atom stereocenters. The van der Waals surface area contributed by atoms with Crippen LogP contribution in [0.1, 0.15) is 46.5 Å². The molecule has 0 spiro atoms. The smallest absolute Gasteiger partial charge is 0.0301 e. The molecule has 82 valence electrons. The molecule has 0 radical (unpaired) electrons. The predicted molar refractivity (Wildman–Crippen MR) is 63.1 cm³/mol. The minimum absolute atomic E-state index is 0.143. The molecule has 0 bridgehead atoms. The maximum absolute atomic E-state index is 5.82. The van der Waals surface area contributed by atoms with Crippen molar-refractivity contribution in [2.45, 2.75) is 52.0 Å². The quantitative estimate of drug-likeness (QED) is 0.482. The molecule has 0 aliphatic carbocycles. The van der Waals surface area contributed by atoms with E-state index in [9.17, 15) is 0 Å². The molecule has 0 fully saturated rings. The zero-order chi connectivity index (χ0) is 10.9. The summed E-state index contributed by atoms with van der Waals surface area (Å²) in [6.07, 6.45) is 4.34. The Morgan fingerprint density at radius 3 is 2.50 bits per heavy atom. The van der Waals surface area contributed by atoms with Crippen molar-refractivity contribution in [1.82, 2.24) is 5.32 Å². The fraction of sp³-hybridized carbons (Fsp3) is 0.833. The maximum atomic E-state index is 5.82. The van der Waals surface area contributed by atoms with Crippen LogP contribution in [0, 0.1) is 11.8 Å². The monoisotopic (exact) mass is 196 g/mol. The van der Waals surface area contributed by atoms with Gasteiger partial charge < -0.3 is 11.1 Å². The Morgan fingerprint density at radius 1 is 1.36 bits per heavy atom. The lowest BCUT2D eigenvalue weighted by molar-refractivity contribution is 0.299. The third-order valence-electron chi connectivity index (χ3n) is 2.72. The number of hydrogen-bond donors (Lipinski definition) is 2. The standard InChI is InChI=1S/C12H24N2/c1-4-7-8-10-14-12(6-3,11-13)9-5-2/h14H,5-6,8-11,13H2,1-3H3. The molecule has 0 aromatic heterocycles. The van der Waals surface area contributed by atoms with E-state index in [0.29, 0.717) is 0 Å². The molecule has 2 nitrogen and oxygen atoms in total. The molecule has 0 saturated carbocycles. The van der Waals surface area contributed by atoms with Crippen LogP contribution in [0.4, 0.5) is 0 Å². The molecule has 1 atom stereocenters. The topological polar surface area (TPSA) is 38.0 Å². The van der Waals surface area contributed by atoms with Gasteiger partial charge in [-0.2, -0.15) is 0 Å². The summed E-state index contributed by atoms with van der Waals surface area (Å²) in [4.78, 5) is 0. The molecule has 0 heterocycles. The van der Waals surface area contributed by atoms with Crippen LogP contribution in [0.5, 0.6) is 0 Å². The van der Waals surface area contributed by atoms with Gasteiger partial charge in [-0.3, -0.25) is 0 Å². The number of hydrogen-bond acceptors (Lipinski definition) is 2. The molecule has 0 aliphatic rings. The van der Waals surface area contributed by atoms with Gasteiger partial charge >= 0.3 is 0 Å². The molecule has 3 N–H and O–H groups in total. The normalized spacial score (nSPS) is 14.3. The van der Waals surface area contributed by atoms with Crippen LogP contribution in [-0.2, 0) is 0 Å². The highest BCUT2D eigenvalue weighted by atomic mass is 15.0. The lowest BCUT2D eigenvalue weighted by Crippen LogP contribution is -2.51. The van der Waals surface area contributed by atoms with E-state index in [1.54, 1.807) is 0 Å². The summed E-state index contributed by atoms with van der Waals surface area (Å²) in [5, 5.41) is 3.54. The van der Waals surface area contributed by atoms with Gasteiger partial charge in [0.05, 0.1) is 0 Å². The van der Waals surface area contributed by atoms with Gasteiger partial charge in [0.25, 0.3) is 0 Å². The minimum atomic E-state index is 0.143. The van der Waals surface area contributed by atoms with Crippen LogP contribution < -0.4 is 11.1 Å². The second kappa shape index (κ2) is 7.84. The molecule has 14 heavy (non-hydrogen) atoms. The largest absolute Gasteiger partial charge is 0.329 e. The van der Waals surface area contributed by atoms with Crippen LogP contribution >= 0.6 is 0 Å². The Hall–Kier alpha value is -0.520. The van der Waals surface area contributed by atoms with Crippen molar-refractivity contribution in [3.63, 3.8) is 0 Å². The molecular weight excluding hydrogens is 172 g/mol. The zero-order valence-electron chi connectivity index (χ0n) is 9.82. The van der Waals surface area contributed by atoms with E-state index >= 15 is 0 Å². The summed E-state index contributed by atoms with van der Waals surface area (Å²) in [6, 6.07) is 0. The lowest BCUT2D eigenvalue weighted by Gasteiger charge is -2.32. The van der Waals surface area contributed by atoms with E-state index < -0.39 is 0 Å². The van der Waals surface area contributed by atoms with Gasteiger partial charge in [-0.05, 0) is 19.8 Å². The zero-order valence-corrected chi connectivity index (χ0v) is 9.82. The molecular formula is C12H24N2. The minimum Gasteiger partial charge on any atom is -0.329 e. The van der Waals surface area contributed by atoms with Gasteiger partial charge in [-0.15, -0.1) is 11.8 Å². The first kappa shape index (κ1) is 13.5. The van der Waals surface area contributed by atoms with E-state index in [0.717, 1.165) is 32.4 Å². The molecule has 0 saturated heterocycles. The van der Waals surface area contributed by atoms with Crippen molar-refractivity contribution in [2.24, 2.45) is 5.73 Å². The molecule has 0 aliphatic heterocycles. The third kappa shape index (κ3) is 4.64. The van der Waals surface area contributed by atoms with Crippen molar-refractivity contribution in [3.8, 4) is 11.8 Å². The van der Waals surface area contributed by atoms with E-state index in [2.05, 4.69) is 31.0 Å². The summed E-state index contributed by atoms with van der Waals surface area (Å²) in [6.45, 7) is 7.94. The average Bonchev–Trinajstić information content (AvgIpc) is 2.23. The van der Waals surface area contributed by atoms with Crippen molar-refractivity contribution in [2.75, 3.05) is 13.1 Å². The van der Waals surface area contributed by atoms with Crippen molar-refractivity contribution < 1.29 is 0 Å². The van der Waals surface area contributed by atoms with Crippen molar-refractivity contribution in [3.05, 3.63) is 0 Å². The Morgan fingerprint density at radius 2 is 2.07 bits per heavy atom. The van der Waals surface area contributed by atoms with E-state index in [4.69, 9.17) is 5.73 Å². The number of nitrogens with two attached hydrogens (primary N) is 1. The Balaban J connectivity index is 3.98. The molecule has 0 aromatic carbocycles. The van der Waals surface area contributed by atoms with E-state index in [1.807, 2.05) is 6.92 Å². The molecule has 0 amide bonds. The number of rotatable bonds is 7. The van der Waals surface area contributed by atoms with Crippen LogP contribution in [-0.4, -0.2) is 18.6 Å². The first-order valence-electron chi connectivity index (χ1n) is 5.59. The van der Waals surface area contributed by atoms with Gasteiger partial charge in [0, 0.05) is 25.0 Å². The highest BCUT2D eigenvalue weighted by Gasteiger charge is 2.23. The van der Waals surface area contributed by atoms with Crippen molar-refractivity contribution >= 4 is 0 Å². The molecule has 0 aromatic rings. The highest BCUT2D eigenvalue weighted by molar-refractivity contribution is 4.96. The van der Waals surface area contributed by atoms with E-state index in [1.165, 1.54) is 6.42 Å². The van der Waals surface area contributed by atoms with Gasteiger partial charge in [0.15, 0.2) is 0 Å². The first-order valence-corrected chi connectivity index (χ1v) is 5.59. The van der Waals surface area contributed by atoms with Gasteiger partial charge in [0.1, 0.15) is 0 Å². The van der Waals surface area contributed by atoms with Crippen molar-refractivity contribution in [1.29, 1.82) is 0 Å². The van der Waals surface area contributed by atoms with Gasteiger partial charge in [0.2, 0.25) is 0 Å². The lowest BCUT2D eigenvalue weighted by atomic mass is 9.90. The SMILES string of the molecule is CC#CCCNC(CC)(CN)CCC. The summed E-state index contributed by atoms with van der Waals surface area (Å²) in [5.41, 5.74) is 5.96. The summed E-state index contributed by atoms with van der Waals surface area (Å²) < 4.78 is 0. The van der Waals surface area contributed by atoms with Crippen LogP contribution in [0.3, 0.4) is 0 Å². The van der Waals surface area contributed by atoms with Crippen LogP contribution in [0.2, 0.25) is 0 Å². The summed E-state index contributed by atoms with van der Waals surface area (Å²) in [7, 11) is 0. The fourth-order valence-corrected chi connectivity index (χ4v) is 1.70. The van der Waals surface area contributed by atoms with E-state index in [-0.39, 0.29) is 5.54 Å². The Kier molecular flexibility index (Phi) is 7.55. The summed E-state index contributed by atoms with van der Waals surface area (Å²) >= 11 is 0. The first-order chi connectivity index (χ1) is 6.74. The highest BCUT2D eigenvalue weighted by Crippen LogP contribution is 2.15. The Bertz CT molecular complexity index is 184. The average molecular weight is 196 g/mol. The second-order valence-corrected chi connectivity index (χ2v) is 3.69. The maximum Gasteiger partial charge on any atom is 0.0301 e. The second-order valence-electron chi connectivity index (χ2n) is 3.69. The van der Waals surface area contributed by atoms with Crippen LogP contribution in [0.25, 0.3) is 0 Å². The van der Waals surface area contributed by atoms with Crippen LogP contribution in [0.15, 0.2) is 0 Å². The molecule has 0 rings (SSSR count). The van der Waals surface area contributed by atoms with Gasteiger partial charge in [-0.25, -0.2) is 0 Å². The molecule has 2 heteroatoms. The predicted octanol–water partition coefficient (Wildman–Crippen LogP) is 1.90. The fourth-order valence-electron chi connectivity index (χ4n) is 1.70.